The van der Waals surface area contributed by atoms with E-state index in [1.54, 1.807) is 0 Å². The van der Waals surface area contributed by atoms with Gasteiger partial charge in [0.2, 0.25) is 0 Å². The normalized spacial score (nSPS) is 13.1. The van der Waals surface area contributed by atoms with E-state index in [0.29, 0.717) is 17.5 Å². The summed E-state index contributed by atoms with van der Waals surface area (Å²) in [6.07, 6.45) is 3.73. The maximum Gasteiger partial charge on any atom is 0.166 e. The molecule has 0 atom stereocenters. The van der Waals surface area contributed by atoms with Gasteiger partial charge in [0.1, 0.15) is 0 Å². The van der Waals surface area contributed by atoms with Crippen LogP contribution in [0.25, 0.3) is 56.4 Å². The highest BCUT2D eigenvalue weighted by atomic mass is 15.0. The molecule has 7 rings (SSSR count). The third-order valence-electron chi connectivity index (χ3n) is 7.91. The van der Waals surface area contributed by atoms with Crippen molar-refractivity contribution in [3.8, 4) is 56.4 Å². The van der Waals surface area contributed by atoms with Crippen molar-refractivity contribution < 1.29 is 0 Å². The smallest absolute Gasteiger partial charge is 0.166 e. The van der Waals surface area contributed by atoms with Crippen molar-refractivity contribution in [3.63, 3.8) is 0 Å². The summed E-state index contributed by atoms with van der Waals surface area (Å²) >= 11 is 0. The van der Waals surface area contributed by atoms with Crippen LogP contribution in [0.3, 0.4) is 0 Å². The fourth-order valence-corrected chi connectivity index (χ4v) is 5.86. The zero-order valence-electron chi connectivity index (χ0n) is 22.8. The number of pyridine rings is 1. The number of nitrogens with zero attached hydrogens (tertiary/aromatic N) is 4. The summed E-state index contributed by atoms with van der Waals surface area (Å²) in [4.78, 5) is 19.4. The Kier molecular flexibility index (Phi) is 5.64. The summed E-state index contributed by atoms with van der Waals surface area (Å²) in [6, 6.07) is 35.7. The first-order valence-corrected chi connectivity index (χ1v) is 13.6. The molecule has 0 aliphatic heterocycles. The highest BCUT2D eigenvalue weighted by molar-refractivity contribution is 5.96. The van der Waals surface area contributed by atoms with Crippen LogP contribution in [0, 0.1) is 6.92 Å². The molecule has 2 aromatic heterocycles. The van der Waals surface area contributed by atoms with Gasteiger partial charge >= 0.3 is 0 Å². The molecule has 0 spiro atoms. The topological polar surface area (TPSA) is 51.6 Å². The Morgan fingerprint density at radius 3 is 1.85 bits per heavy atom. The first-order chi connectivity index (χ1) is 19.5. The van der Waals surface area contributed by atoms with Crippen LogP contribution in [0.5, 0.6) is 0 Å². The van der Waals surface area contributed by atoms with E-state index >= 15 is 0 Å². The molecule has 4 nitrogen and oxygen atoms in total. The van der Waals surface area contributed by atoms with Gasteiger partial charge in [-0.2, -0.15) is 0 Å². The molecule has 4 heteroatoms. The van der Waals surface area contributed by atoms with Gasteiger partial charge in [-0.3, -0.25) is 4.98 Å². The summed E-state index contributed by atoms with van der Waals surface area (Å²) in [5.41, 5.74) is 11.4. The van der Waals surface area contributed by atoms with Crippen LogP contribution in [-0.4, -0.2) is 19.9 Å². The van der Waals surface area contributed by atoms with Crippen LogP contribution in [0.1, 0.15) is 30.5 Å². The zero-order chi connectivity index (χ0) is 27.3. The second-order valence-corrected chi connectivity index (χ2v) is 10.9. The first-order valence-electron chi connectivity index (χ1n) is 13.6. The quantitative estimate of drug-likeness (QED) is 0.236. The number of benzene rings is 4. The molecular weight excluding hydrogens is 488 g/mol. The van der Waals surface area contributed by atoms with Gasteiger partial charge in [-0.1, -0.05) is 116 Å². The second kappa shape index (κ2) is 9.35. The minimum atomic E-state index is -0.0893. The monoisotopic (exact) mass is 516 g/mol. The third kappa shape index (κ3) is 3.92. The minimum absolute atomic E-state index is 0.0893. The molecule has 4 aromatic carbocycles. The minimum Gasteiger partial charge on any atom is -0.264 e. The van der Waals surface area contributed by atoms with Crippen molar-refractivity contribution >= 4 is 0 Å². The van der Waals surface area contributed by atoms with Crippen LogP contribution >= 0.6 is 0 Å². The molecule has 2 heterocycles. The molecule has 0 saturated carbocycles. The lowest BCUT2D eigenvalue weighted by atomic mass is 9.81. The van der Waals surface area contributed by atoms with Gasteiger partial charge in [-0.05, 0) is 46.4 Å². The van der Waals surface area contributed by atoms with Gasteiger partial charge in [-0.15, -0.1) is 0 Å². The van der Waals surface area contributed by atoms with E-state index in [1.807, 2.05) is 73.1 Å². The van der Waals surface area contributed by atoms with Gasteiger partial charge in [0.05, 0.1) is 0 Å². The number of fused-ring (bicyclic) bond motifs is 3. The zero-order valence-corrected chi connectivity index (χ0v) is 22.8. The number of rotatable bonds is 4. The van der Waals surface area contributed by atoms with Gasteiger partial charge in [0.15, 0.2) is 17.5 Å². The van der Waals surface area contributed by atoms with Crippen molar-refractivity contribution in [1.82, 2.24) is 19.9 Å². The van der Waals surface area contributed by atoms with Crippen LogP contribution in [0.4, 0.5) is 0 Å². The Bertz CT molecular complexity index is 1820. The third-order valence-corrected chi connectivity index (χ3v) is 7.91. The van der Waals surface area contributed by atoms with Crippen molar-refractivity contribution in [3.05, 3.63) is 132 Å². The van der Waals surface area contributed by atoms with Gasteiger partial charge in [0, 0.05) is 34.5 Å². The number of hydrogen-bond acceptors (Lipinski definition) is 4. The molecular formula is C36H28N4. The number of aromatic nitrogens is 4. The second-order valence-electron chi connectivity index (χ2n) is 10.9. The predicted molar refractivity (Wildman–Crippen MR) is 162 cm³/mol. The molecule has 0 radical (unpaired) electrons. The van der Waals surface area contributed by atoms with E-state index < -0.39 is 0 Å². The van der Waals surface area contributed by atoms with Gasteiger partial charge in [0.25, 0.3) is 0 Å². The molecule has 0 N–H and O–H groups in total. The molecule has 0 bridgehead atoms. The van der Waals surface area contributed by atoms with E-state index in [4.69, 9.17) is 15.0 Å². The van der Waals surface area contributed by atoms with Crippen LogP contribution in [0.15, 0.2) is 116 Å². The SMILES string of the molecule is Cc1ccc2c(c1)C(C)(C)c1cccc(-c3ccncc3-c3nc(-c4ccccc4)nc(-c4ccccc4)n3)c1-2. The van der Waals surface area contributed by atoms with Crippen LogP contribution in [-0.2, 0) is 5.41 Å². The highest BCUT2D eigenvalue weighted by Gasteiger charge is 2.37. The molecule has 0 unspecified atom stereocenters. The van der Waals surface area contributed by atoms with E-state index in [0.717, 1.165) is 27.8 Å². The van der Waals surface area contributed by atoms with E-state index in [2.05, 4.69) is 68.2 Å². The average Bonchev–Trinajstić information content (AvgIpc) is 3.23. The Labute approximate surface area is 234 Å². The molecule has 1 aliphatic carbocycles. The highest BCUT2D eigenvalue weighted by Crippen LogP contribution is 2.53. The van der Waals surface area contributed by atoms with E-state index in [-0.39, 0.29) is 5.41 Å². The summed E-state index contributed by atoms with van der Waals surface area (Å²) < 4.78 is 0. The van der Waals surface area contributed by atoms with Crippen molar-refractivity contribution in [2.45, 2.75) is 26.2 Å². The number of hydrogen-bond donors (Lipinski definition) is 0. The van der Waals surface area contributed by atoms with Crippen LogP contribution < -0.4 is 0 Å². The molecule has 0 saturated heterocycles. The lowest BCUT2D eigenvalue weighted by molar-refractivity contribution is 0.660. The van der Waals surface area contributed by atoms with E-state index in [9.17, 15) is 0 Å². The summed E-state index contributed by atoms with van der Waals surface area (Å²) in [5, 5.41) is 0. The van der Waals surface area contributed by atoms with Gasteiger partial charge < -0.3 is 0 Å². The summed E-state index contributed by atoms with van der Waals surface area (Å²) in [6.45, 7) is 6.80. The lowest BCUT2D eigenvalue weighted by Gasteiger charge is -2.22. The Morgan fingerprint density at radius 2 is 1.18 bits per heavy atom. The summed E-state index contributed by atoms with van der Waals surface area (Å²) in [7, 11) is 0. The maximum atomic E-state index is 5.00. The molecule has 1 aliphatic rings. The molecule has 192 valence electrons. The predicted octanol–water partition coefficient (Wildman–Crippen LogP) is 8.55. The standard InChI is InChI=1S/C36H28N4/c1-23-17-18-28-31(21-23)36(2,3)30-16-10-15-27(32(28)30)26-19-20-37-22-29(26)35-39-33(24-11-6-4-7-12-24)38-34(40-35)25-13-8-5-9-14-25/h4-22H,1-3H3. The largest absolute Gasteiger partial charge is 0.264 e. The van der Waals surface area contributed by atoms with Crippen molar-refractivity contribution in [1.29, 1.82) is 0 Å². The Balaban J connectivity index is 1.47. The first kappa shape index (κ1) is 24.1. The molecule has 0 fully saturated rings. The summed E-state index contributed by atoms with van der Waals surface area (Å²) in [5.74, 6) is 1.88. The lowest BCUT2D eigenvalue weighted by Crippen LogP contribution is -2.15. The van der Waals surface area contributed by atoms with Crippen LogP contribution in [0.2, 0.25) is 0 Å². The van der Waals surface area contributed by atoms with E-state index in [1.165, 1.54) is 27.8 Å². The average molecular weight is 517 g/mol. The van der Waals surface area contributed by atoms with Crippen molar-refractivity contribution in [2.24, 2.45) is 0 Å². The molecule has 40 heavy (non-hydrogen) atoms. The fourth-order valence-electron chi connectivity index (χ4n) is 5.86. The van der Waals surface area contributed by atoms with Gasteiger partial charge in [-0.25, -0.2) is 15.0 Å². The number of aryl methyl sites for hydroxylation is 1. The van der Waals surface area contributed by atoms with Crippen molar-refractivity contribution in [2.75, 3.05) is 0 Å². The molecule has 6 aromatic rings. The Hall–Kier alpha value is -4.96. The fraction of sp³-hybridized carbons (Fsp3) is 0.111. The molecule has 0 amide bonds. The maximum absolute atomic E-state index is 5.00. The Morgan fingerprint density at radius 1 is 0.525 bits per heavy atom.